The number of hydrogen-bond donors (Lipinski definition) is 0. The number of benzene rings is 1. The zero-order valence-corrected chi connectivity index (χ0v) is 23.8. The van der Waals surface area contributed by atoms with Crippen LogP contribution >= 0.6 is 11.3 Å². The van der Waals surface area contributed by atoms with Crippen LogP contribution in [0.1, 0.15) is 63.3 Å². The summed E-state index contributed by atoms with van der Waals surface area (Å²) in [5.41, 5.74) is 3.49. The quantitative estimate of drug-likeness (QED) is 0.164. The van der Waals surface area contributed by atoms with Gasteiger partial charge in [0.05, 0.1) is 19.1 Å². The lowest BCUT2D eigenvalue weighted by molar-refractivity contribution is 0.0340. The topological polar surface area (TPSA) is 40.5 Å². The standard InChI is InChI=1S/C31H43NO3S/c1-8-15-31(5,21-35-20-22(2)3)16-11-9-10-12-25-18-26-29(36-25)27(19-32(6)30(26)33)24-14-13-23(4)28(17-24)34-7/h8,13-14,17-19,22H,1,9-12,15-16,20-21H2,2-7H3. The molecule has 196 valence electrons. The van der Waals surface area contributed by atoms with E-state index in [1.807, 2.05) is 26.2 Å². The third-order valence-corrected chi connectivity index (χ3v) is 8.09. The fourth-order valence-corrected chi connectivity index (χ4v) is 5.99. The van der Waals surface area contributed by atoms with Crippen molar-refractivity contribution < 1.29 is 9.47 Å². The minimum atomic E-state index is 0.0666. The average Bonchev–Trinajstić information content (AvgIpc) is 3.26. The second-order valence-electron chi connectivity index (χ2n) is 10.9. The Bertz CT molecular complexity index is 1220. The van der Waals surface area contributed by atoms with E-state index < -0.39 is 0 Å². The fraction of sp³-hybridized carbons (Fsp3) is 0.516. The van der Waals surface area contributed by atoms with Crippen molar-refractivity contribution in [1.82, 2.24) is 4.57 Å². The van der Waals surface area contributed by atoms with Crippen molar-refractivity contribution in [3.8, 4) is 16.9 Å². The predicted octanol–water partition coefficient (Wildman–Crippen LogP) is 7.94. The Labute approximate surface area is 221 Å². The normalized spacial score (nSPS) is 13.3. The highest BCUT2D eigenvalue weighted by atomic mass is 32.1. The number of methoxy groups -OCH3 is 1. The second kappa shape index (κ2) is 12.7. The maximum absolute atomic E-state index is 12.9. The number of fused-ring (bicyclic) bond motifs is 1. The lowest BCUT2D eigenvalue weighted by atomic mass is 9.82. The largest absolute Gasteiger partial charge is 0.496 e. The summed E-state index contributed by atoms with van der Waals surface area (Å²) in [6.45, 7) is 14.3. The SMILES string of the molecule is C=CCC(C)(CCCCCc1cc2c(=O)n(C)cc(-c3ccc(C)c(OC)c3)c2s1)COCC(C)C. The van der Waals surface area contributed by atoms with Gasteiger partial charge in [-0.15, -0.1) is 17.9 Å². The van der Waals surface area contributed by atoms with Crippen LogP contribution in [0.25, 0.3) is 21.2 Å². The molecule has 1 unspecified atom stereocenters. The van der Waals surface area contributed by atoms with Crippen LogP contribution in [0.15, 0.2) is 47.9 Å². The average molecular weight is 510 g/mol. The monoisotopic (exact) mass is 509 g/mol. The van der Waals surface area contributed by atoms with E-state index in [-0.39, 0.29) is 11.0 Å². The van der Waals surface area contributed by atoms with Crippen LogP contribution in [0, 0.1) is 18.3 Å². The molecule has 0 aliphatic heterocycles. The number of unbranched alkanes of at least 4 members (excludes halogenated alkanes) is 2. The van der Waals surface area contributed by atoms with E-state index in [9.17, 15) is 4.79 Å². The Morgan fingerprint density at radius 2 is 1.97 bits per heavy atom. The second-order valence-corrected chi connectivity index (χ2v) is 12.0. The first-order valence-electron chi connectivity index (χ1n) is 13.1. The molecule has 0 aliphatic carbocycles. The van der Waals surface area contributed by atoms with Crippen LogP contribution in [0.5, 0.6) is 5.75 Å². The number of rotatable bonds is 14. The van der Waals surface area contributed by atoms with Crippen LogP contribution in [0.3, 0.4) is 0 Å². The summed E-state index contributed by atoms with van der Waals surface area (Å²) in [7, 11) is 3.53. The molecule has 4 nitrogen and oxygen atoms in total. The van der Waals surface area contributed by atoms with Crippen LogP contribution in [0.2, 0.25) is 0 Å². The molecule has 1 aromatic carbocycles. The number of hydrogen-bond acceptors (Lipinski definition) is 4. The summed E-state index contributed by atoms with van der Waals surface area (Å²) in [6, 6.07) is 8.37. The van der Waals surface area contributed by atoms with Crippen LogP contribution in [0.4, 0.5) is 0 Å². The van der Waals surface area contributed by atoms with E-state index in [1.165, 1.54) is 17.7 Å². The molecule has 2 aromatic heterocycles. The van der Waals surface area contributed by atoms with E-state index in [2.05, 4.69) is 51.6 Å². The summed E-state index contributed by atoms with van der Waals surface area (Å²) >= 11 is 1.76. The molecule has 0 aliphatic rings. The highest BCUT2D eigenvalue weighted by molar-refractivity contribution is 7.19. The predicted molar refractivity (Wildman–Crippen MR) is 155 cm³/mol. The molecule has 0 saturated heterocycles. The Hall–Kier alpha value is -2.37. The molecule has 5 heteroatoms. The summed E-state index contributed by atoms with van der Waals surface area (Å²) in [5, 5.41) is 0.815. The first kappa shape index (κ1) is 28.2. The van der Waals surface area contributed by atoms with Gasteiger partial charge in [-0.05, 0) is 67.2 Å². The van der Waals surface area contributed by atoms with E-state index >= 15 is 0 Å². The molecule has 0 fully saturated rings. The molecule has 3 aromatic rings. The third kappa shape index (κ3) is 7.10. The lowest BCUT2D eigenvalue weighted by Gasteiger charge is -2.28. The molecule has 0 bridgehead atoms. The Balaban J connectivity index is 1.68. The fourth-order valence-electron chi connectivity index (χ4n) is 4.77. The van der Waals surface area contributed by atoms with Gasteiger partial charge in [-0.25, -0.2) is 0 Å². The van der Waals surface area contributed by atoms with Gasteiger partial charge in [-0.3, -0.25) is 4.79 Å². The van der Waals surface area contributed by atoms with Gasteiger partial charge in [0, 0.05) is 35.0 Å². The van der Waals surface area contributed by atoms with Crippen molar-refractivity contribution in [2.45, 2.75) is 66.2 Å². The maximum atomic E-state index is 12.9. The number of allylic oxidation sites excluding steroid dienone is 1. The molecule has 0 radical (unpaired) electrons. The zero-order valence-electron chi connectivity index (χ0n) is 23.0. The molecule has 0 amide bonds. The van der Waals surface area contributed by atoms with E-state index in [1.54, 1.807) is 23.0 Å². The molecule has 36 heavy (non-hydrogen) atoms. The number of aromatic nitrogens is 1. The van der Waals surface area contributed by atoms with Crippen molar-refractivity contribution in [2.24, 2.45) is 18.4 Å². The first-order valence-corrected chi connectivity index (χ1v) is 13.9. The molecule has 0 saturated carbocycles. The van der Waals surface area contributed by atoms with Gasteiger partial charge in [-0.2, -0.15) is 0 Å². The summed E-state index contributed by atoms with van der Waals surface area (Å²) < 4.78 is 14.3. The maximum Gasteiger partial charge on any atom is 0.259 e. The number of nitrogens with zero attached hydrogens (tertiary/aromatic N) is 1. The van der Waals surface area contributed by atoms with Gasteiger partial charge in [-0.1, -0.05) is 51.8 Å². The Morgan fingerprint density at radius 3 is 2.67 bits per heavy atom. The molecule has 0 spiro atoms. The van der Waals surface area contributed by atoms with Gasteiger partial charge in [0.1, 0.15) is 5.75 Å². The van der Waals surface area contributed by atoms with Crippen LogP contribution in [-0.2, 0) is 18.2 Å². The van der Waals surface area contributed by atoms with Gasteiger partial charge < -0.3 is 14.0 Å². The number of pyridine rings is 1. The Morgan fingerprint density at radius 1 is 1.19 bits per heavy atom. The van der Waals surface area contributed by atoms with E-state index in [4.69, 9.17) is 9.47 Å². The van der Waals surface area contributed by atoms with E-state index in [0.29, 0.717) is 5.92 Å². The lowest BCUT2D eigenvalue weighted by Crippen LogP contribution is -2.24. The van der Waals surface area contributed by atoms with Crippen LogP contribution in [-0.4, -0.2) is 24.9 Å². The minimum Gasteiger partial charge on any atom is -0.496 e. The molecular weight excluding hydrogens is 466 g/mol. The molecular formula is C31H43NO3S. The zero-order chi connectivity index (χ0) is 26.3. The number of aryl methyl sites for hydroxylation is 3. The minimum absolute atomic E-state index is 0.0666. The van der Waals surface area contributed by atoms with Crippen molar-refractivity contribution in [3.63, 3.8) is 0 Å². The highest BCUT2D eigenvalue weighted by Gasteiger charge is 2.23. The van der Waals surface area contributed by atoms with Gasteiger partial charge in [0.15, 0.2) is 0 Å². The van der Waals surface area contributed by atoms with Crippen LogP contribution < -0.4 is 10.3 Å². The Kier molecular flexibility index (Phi) is 9.98. The van der Waals surface area contributed by atoms with Crippen molar-refractivity contribution >= 4 is 21.4 Å². The van der Waals surface area contributed by atoms with E-state index in [0.717, 1.165) is 71.4 Å². The highest BCUT2D eigenvalue weighted by Crippen LogP contribution is 2.36. The van der Waals surface area contributed by atoms with Crippen molar-refractivity contribution in [1.29, 1.82) is 0 Å². The van der Waals surface area contributed by atoms with Gasteiger partial charge in [0.25, 0.3) is 5.56 Å². The van der Waals surface area contributed by atoms with Gasteiger partial charge >= 0.3 is 0 Å². The number of ether oxygens (including phenoxy) is 2. The molecule has 1 atom stereocenters. The first-order chi connectivity index (χ1) is 17.2. The summed E-state index contributed by atoms with van der Waals surface area (Å²) in [6.07, 6.45) is 10.6. The summed E-state index contributed by atoms with van der Waals surface area (Å²) in [5.74, 6) is 1.43. The molecule has 3 rings (SSSR count). The van der Waals surface area contributed by atoms with Gasteiger partial charge in [0.2, 0.25) is 0 Å². The molecule has 0 N–H and O–H groups in total. The summed E-state index contributed by atoms with van der Waals surface area (Å²) in [4.78, 5) is 14.2. The smallest absolute Gasteiger partial charge is 0.259 e. The number of thiophene rings is 1. The third-order valence-electron chi connectivity index (χ3n) is 6.86. The van der Waals surface area contributed by atoms with Crippen molar-refractivity contribution in [2.75, 3.05) is 20.3 Å². The molecule has 2 heterocycles. The van der Waals surface area contributed by atoms with Crippen molar-refractivity contribution in [3.05, 3.63) is 63.9 Å².